The Kier molecular flexibility index (Phi) is 3.23. The van der Waals surface area contributed by atoms with Crippen LogP contribution in [0.5, 0.6) is 5.75 Å². The van der Waals surface area contributed by atoms with Gasteiger partial charge in [-0.3, -0.25) is 0 Å². The summed E-state index contributed by atoms with van der Waals surface area (Å²) in [5, 5.41) is 0. The van der Waals surface area contributed by atoms with Gasteiger partial charge in [-0.2, -0.15) is 0 Å². The van der Waals surface area contributed by atoms with E-state index in [1.165, 1.54) is 0 Å². The van der Waals surface area contributed by atoms with E-state index in [1.807, 2.05) is 38.1 Å². The van der Waals surface area contributed by atoms with Crippen LogP contribution in [0.25, 0.3) is 11.4 Å². The van der Waals surface area contributed by atoms with Crippen LogP contribution < -0.4 is 10.5 Å². The average Bonchev–Trinajstić information content (AvgIpc) is 2.29. The lowest BCUT2D eigenvalue weighted by atomic mass is 10.2. The number of rotatable bonds is 3. The first-order valence-electron chi connectivity index (χ1n) is 5.51. The highest BCUT2D eigenvalue weighted by atomic mass is 16.5. The van der Waals surface area contributed by atoms with Crippen LogP contribution >= 0.6 is 0 Å². The van der Waals surface area contributed by atoms with Crippen molar-refractivity contribution in [2.24, 2.45) is 0 Å². The van der Waals surface area contributed by atoms with E-state index in [4.69, 9.17) is 10.5 Å². The second kappa shape index (κ2) is 4.82. The molecule has 4 heteroatoms. The summed E-state index contributed by atoms with van der Waals surface area (Å²) < 4.78 is 5.56. The van der Waals surface area contributed by atoms with E-state index in [2.05, 4.69) is 9.97 Å². The van der Waals surface area contributed by atoms with Gasteiger partial charge in [0, 0.05) is 11.8 Å². The van der Waals surface area contributed by atoms with Gasteiger partial charge >= 0.3 is 0 Å². The lowest BCUT2D eigenvalue weighted by Gasteiger charge is -2.09. The fourth-order valence-electron chi connectivity index (χ4n) is 1.47. The zero-order chi connectivity index (χ0) is 12.3. The molecule has 0 radical (unpaired) electrons. The molecule has 0 aliphatic heterocycles. The van der Waals surface area contributed by atoms with Gasteiger partial charge in [-0.15, -0.1) is 0 Å². The summed E-state index contributed by atoms with van der Waals surface area (Å²) in [7, 11) is 0. The molecule has 0 unspecified atom stereocenters. The minimum Gasteiger partial charge on any atom is -0.491 e. The van der Waals surface area contributed by atoms with Gasteiger partial charge in [0.1, 0.15) is 11.6 Å². The fourth-order valence-corrected chi connectivity index (χ4v) is 1.47. The molecule has 0 saturated carbocycles. The van der Waals surface area contributed by atoms with Gasteiger partial charge in [0.05, 0.1) is 6.10 Å². The first kappa shape index (κ1) is 11.4. The predicted molar refractivity (Wildman–Crippen MR) is 67.6 cm³/mol. The van der Waals surface area contributed by atoms with Crippen LogP contribution in [-0.2, 0) is 0 Å². The summed E-state index contributed by atoms with van der Waals surface area (Å²) in [5.74, 6) is 1.94. The van der Waals surface area contributed by atoms with Gasteiger partial charge in [-0.25, -0.2) is 9.97 Å². The van der Waals surface area contributed by atoms with Crippen molar-refractivity contribution in [3.63, 3.8) is 0 Å². The molecule has 1 aromatic carbocycles. The minimum atomic E-state index is 0.171. The Labute approximate surface area is 100 Å². The number of nitrogen functional groups attached to an aromatic ring is 1. The van der Waals surface area contributed by atoms with Gasteiger partial charge in [-0.05, 0) is 44.2 Å². The second-order valence-electron chi connectivity index (χ2n) is 4.00. The quantitative estimate of drug-likeness (QED) is 0.878. The number of benzene rings is 1. The van der Waals surface area contributed by atoms with E-state index < -0.39 is 0 Å². The van der Waals surface area contributed by atoms with E-state index >= 15 is 0 Å². The Morgan fingerprint density at radius 3 is 2.41 bits per heavy atom. The third-order valence-corrected chi connectivity index (χ3v) is 2.16. The van der Waals surface area contributed by atoms with Gasteiger partial charge in [0.25, 0.3) is 0 Å². The Balaban J connectivity index is 2.23. The number of ether oxygens (including phenoxy) is 1. The molecule has 0 aliphatic carbocycles. The molecule has 1 aromatic heterocycles. The van der Waals surface area contributed by atoms with Crippen LogP contribution in [0.3, 0.4) is 0 Å². The van der Waals surface area contributed by atoms with Crippen LogP contribution in [0, 0.1) is 0 Å². The van der Waals surface area contributed by atoms with Crippen molar-refractivity contribution in [3.05, 3.63) is 36.5 Å². The predicted octanol–water partition coefficient (Wildman–Crippen LogP) is 2.51. The average molecular weight is 229 g/mol. The van der Waals surface area contributed by atoms with E-state index in [9.17, 15) is 0 Å². The normalized spacial score (nSPS) is 10.5. The van der Waals surface area contributed by atoms with Crippen LogP contribution in [0.1, 0.15) is 13.8 Å². The van der Waals surface area contributed by atoms with Gasteiger partial charge in [-0.1, -0.05) is 0 Å². The van der Waals surface area contributed by atoms with Crippen molar-refractivity contribution in [1.82, 2.24) is 9.97 Å². The molecule has 0 atom stereocenters. The van der Waals surface area contributed by atoms with Crippen LogP contribution in [0.2, 0.25) is 0 Å². The zero-order valence-corrected chi connectivity index (χ0v) is 9.92. The lowest BCUT2D eigenvalue weighted by Crippen LogP contribution is -2.05. The Bertz CT molecular complexity index is 494. The number of nitrogens with zero attached hydrogens (tertiary/aromatic N) is 2. The second-order valence-corrected chi connectivity index (χ2v) is 4.00. The van der Waals surface area contributed by atoms with Gasteiger partial charge < -0.3 is 10.5 Å². The van der Waals surface area contributed by atoms with Crippen LogP contribution in [0.15, 0.2) is 36.5 Å². The molecule has 0 aliphatic rings. The third-order valence-electron chi connectivity index (χ3n) is 2.16. The van der Waals surface area contributed by atoms with Crippen LogP contribution in [-0.4, -0.2) is 16.1 Å². The molecule has 17 heavy (non-hydrogen) atoms. The summed E-state index contributed by atoms with van der Waals surface area (Å²) in [4.78, 5) is 8.33. The van der Waals surface area contributed by atoms with Crippen LogP contribution in [0.4, 0.5) is 5.82 Å². The smallest absolute Gasteiger partial charge is 0.161 e. The van der Waals surface area contributed by atoms with Gasteiger partial charge in [0.15, 0.2) is 5.82 Å². The monoisotopic (exact) mass is 229 g/mol. The molecule has 2 aromatic rings. The largest absolute Gasteiger partial charge is 0.491 e. The topological polar surface area (TPSA) is 61.0 Å². The SMILES string of the molecule is CC(C)Oc1ccc(-c2nccc(N)n2)cc1. The molecule has 0 saturated heterocycles. The molecular formula is C13H15N3O. The summed E-state index contributed by atoms with van der Waals surface area (Å²) >= 11 is 0. The maximum atomic E-state index is 5.62. The summed E-state index contributed by atoms with van der Waals surface area (Å²) in [6.45, 7) is 3.99. The highest BCUT2D eigenvalue weighted by Gasteiger charge is 2.02. The molecule has 2 rings (SSSR count). The van der Waals surface area contributed by atoms with Crippen molar-refractivity contribution in [1.29, 1.82) is 0 Å². The molecule has 0 amide bonds. The number of anilines is 1. The number of aromatic nitrogens is 2. The Morgan fingerprint density at radius 1 is 1.12 bits per heavy atom. The molecule has 2 N–H and O–H groups in total. The molecular weight excluding hydrogens is 214 g/mol. The molecule has 0 fully saturated rings. The van der Waals surface area contributed by atoms with Crippen molar-refractivity contribution in [2.45, 2.75) is 20.0 Å². The maximum absolute atomic E-state index is 5.62. The molecule has 88 valence electrons. The fraction of sp³-hybridized carbons (Fsp3) is 0.231. The molecule has 0 bridgehead atoms. The summed E-state index contributed by atoms with van der Waals surface area (Å²) in [6.07, 6.45) is 1.82. The number of hydrogen-bond acceptors (Lipinski definition) is 4. The van der Waals surface area contributed by atoms with E-state index in [-0.39, 0.29) is 6.10 Å². The molecule has 0 spiro atoms. The van der Waals surface area contributed by atoms with E-state index in [0.717, 1.165) is 11.3 Å². The minimum absolute atomic E-state index is 0.171. The lowest BCUT2D eigenvalue weighted by molar-refractivity contribution is 0.242. The van der Waals surface area contributed by atoms with Gasteiger partial charge in [0.2, 0.25) is 0 Å². The Hall–Kier alpha value is -2.10. The molecule has 4 nitrogen and oxygen atoms in total. The third kappa shape index (κ3) is 2.93. The van der Waals surface area contributed by atoms with Crippen molar-refractivity contribution in [3.8, 4) is 17.1 Å². The highest BCUT2D eigenvalue weighted by molar-refractivity contribution is 5.57. The maximum Gasteiger partial charge on any atom is 0.161 e. The number of nitrogens with two attached hydrogens (primary N) is 1. The standard InChI is InChI=1S/C13H15N3O/c1-9(2)17-11-5-3-10(4-6-11)13-15-8-7-12(14)16-13/h3-9H,1-2H3,(H2,14,15,16). The van der Waals surface area contributed by atoms with E-state index in [0.29, 0.717) is 11.6 Å². The van der Waals surface area contributed by atoms with E-state index in [1.54, 1.807) is 12.3 Å². The van der Waals surface area contributed by atoms with Crippen molar-refractivity contribution in [2.75, 3.05) is 5.73 Å². The van der Waals surface area contributed by atoms with Crippen molar-refractivity contribution < 1.29 is 4.74 Å². The first-order chi connectivity index (χ1) is 8.15. The molecule has 1 heterocycles. The van der Waals surface area contributed by atoms with Crippen molar-refractivity contribution >= 4 is 5.82 Å². The highest BCUT2D eigenvalue weighted by Crippen LogP contribution is 2.20. The Morgan fingerprint density at radius 2 is 1.82 bits per heavy atom. The zero-order valence-electron chi connectivity index (χ0n) is 9.92. The number of hydrogen-bond donors (Lipinski definition) is 1. The summed E-state index contributed by atoms with van der Waals surface area (Å²) in [6, 6.07) is 9.32. The first-order valence-corrected chi connectivity index (χ1v) is 5.51. The summed E-state index contributed by atoms with van der Waals surface area (Å²) in [5.41, 5.74) is 6.54.